The first kappa shape index (κ1) is 16.4. The van der Waals surface area contributed by atoms with Gasteiger partial charge in [-0.25, -0.2) is 0 Å². The minimum Gasteiger partial charge on any atom is -0.379 e. The summed E-state index contributed by atoms with van der Waals surface area (Å²) >= 11 is 0. The predicted octanol–water partition coefficient (Wildman–Crippen LogP) is 0.0393. The van der Waals surface area contributed by atoms with Crippen LogP contribution >= 0.6 is 0 Å². The van der Waals surface area contributed by atoms with Crippen LogP contribution in [0, 0.1) is 0 Å². The third kappa shape index (κ3) is 3.91. The van der Waals surface area contributed by atoms with Crippen molar-refractivity contribution in [3.05, 3.63) is 18.0 Å². The molecule has 128 valence electrons. The fourth-order valence-electron chi connectivity index (χ4n) is 3.34. The third-order valence-corrected chi connectivity index (χ3v) is 4.73. The van der Waals surface area contributed by atoms with Crippen molar-refractivity contribution in [3.63, 3.8) is 0 Å². The van der Waals surface area contributed by atoms with E-state index in [1.165, 1.54) is 0 Å². The molecule has 2 fully saturated rings. The van der Waals surface area contributed by atoms with E-state index in [9.17, 15) is 4.79 Å². The molecule has 7 heteroatoms. The second-order valence-corrected chi connectivity index (χ2v) is 6.13. The first-order valence-corrected chi connectivity index (χ1v) is 8.63. The van der Waals surface area contributed by atoms with Crippen molar-refractivity contribution < 1.29 is 9.53 Å². The number of morpholine rings is 1. The zero-order chi connectivity index (χ0) is 16.1. The Bertz CT molecular complexity index is 506. The number of nitrogens with one attached hydrogen (secondary N) is 1. The predicted molar refractivity (Wildman–Crippen MR) is 87.5 cm³/mol. The van der Waals surface area contributed by atoms with E-state index in [0.717, 1.165) is 58.9 Å². The van der Waals surface area contributed by atoms with Gasteiger partial charge in [0.2, 0.25) is 0 Å². The summed E-state index contributed by atoms with van der Waals surface area (Å²) < 4.78 is 7.18. The minimum absolute atomic E-state index is 0.103. The van der Waals surface area contributed by atoms with E-state index in [1.54, 1.807) is 10.9 Å². The number of hydrogen-bond donors (Lipinski definition) is 1. The number of hydrogen-bond acceptors (Lipinski definition) is 5. The van der Waals surface area contributed by atoms with Crippen LogP contribution < -0.4 is 5.32 Å². The molecule has 0 aromatic carbocycles. The molecule has 1 amide bonds. The van der Waals surface area contributed by atoms with Crippen molar-refractivity contribution in [2.45, 2.75) is 25.9 Å². The van der Waals surface area contributed by atoms with Gasteiger partial charge in [-0.15, -0.1) is 0 Å². The van der Waals surface area contributed by atoms with Crippen molar-refractivity contribution in [2.24, 2.45) is 0 Å². The Morgan fingerprint density at radius 2 is 2.30 bits per heavy atom. The van der Waals surface area contributed by atoms with Gasteiger partial charge in [-0.1, -0.05) is 0 Å². The molecule has 23 heavy (non-hydrogen) atoms. The number of aromatic nitrogens is 2. The van der Waals surface area contributed by atoms with Gasteiger partial charge in [-0.05, 0) is 26.0 Å². The Balaban J connectivity index is 1.68. The highest BCUT2D eigenvalue weighted by atomic mass is 16.5. The highest BCUT2D eigenvalue weighted by molar-refractivity contribution is 5.92. The van der Waals surface area contributed by atoms with Crippen LogP contribution in [0.3, 0.4) is 0 Å². The van der Waals surface area contributed by atoms with Crippen LogP contribution in [-0.4, -0.2) is 84.0 Å². The van der Waals surface area contributed by atoms with Gasteiger partial charge < -0.3 is 15.0 Å². The fourth-order valence-corrected chi connectivity index (χ4v) is 3.34. The molecule has 3 rings (SSSR count). The zero-order valence-corrected chi connectivity index (χ0v) is 13.9. The Kier molecular flexibility index (Phi) is 5.64. The second kappa shape index (κ2) is 7.90. The summed E-state index contributed by atoms with van der Waals surface area (Å²) in [5.41, 5.74) is 0.696. The summed E-state index contributed by atoms with van der Waals surface area (Å²) in [6, 6.07) is 2.11. The van der Waals surface area contributed by atoms with Crippen molar-refractivity contribution in [2.75, 3.05) is 52.5 Å². The maximum Gasteiger partial charge on any atom is 0.272 e. The minimum atomic E-state index is 0.103. The fraction of sp³-hybridized carbons (Fsp3) is 0.750. The molecular formula is C16H27N5O2. The smallest absolute Gasteiger partial charge is 0.272 e. The van der Waals surface area contributed by atoms with Gasteiger partial charge in [0.1, 0.15) is 5.69 Å². The Labute approximate surface area is 137 Å². The lowest BCUT2D eigenvalue weighted by Gasteiger charge is -2.33. The molecule has 2 aliphatic rings. The van der Waals surface area contributed by atoms with Gasteiger partial charge in [-0.2, -0.15) is 5.10 Å². The average molecular weight is 321 g/mol. The van der Waals surface area contributed by atoms with Gasteiger partial charge in [0, 0.05) is 51.5 Å². The molecule has 1 atom stereocenters. The Hall–Kier alpha value is -1.44. The number of aryl methyl sites for hydroxylation is 1. The molecule has 1 aromatic rings. The molecule has 2 saturated heterocycles. The molecule has 0 saturated carbocycles. The normalized spacial score (nSPS) is 22.4. The maximum absolute atomic E-state index is 13.0. The lowest BCUT2D eigenvalue weighted by atomic mass is 10.2. The van der Waals surface area contributed by atoms with E-state index >= 15 is 0 Å². The quantitative estimate of drug-likeness (QED) is 0.801. The summed E-state index contributed by atoms with van der Waals surface area (Å²) in [4.78, 5) is 17.5. The number of ether oxygens (including phenoxy) is 1. The van der Waals surface area contributed by atoms with Crippen molar-refractivity contribution >= 4 is 5.91 Å². The van der Waals surface area contributed by atoms with E-state index in [2.05, 4.69) is 15.3 Å². The summed E-state index contributed by atoms with van der Waals surface area (Å²) in [6.45, 7) is 9.77. The molecule has 1 N–H and O–H groups in total. The topological polar surface area (TPSA) is 62.6 Å². The molecule has 0 radical (unpaired) electrons. The number of amides is 1. The van der Waals surface area contributed by atoms with Crippen LogP contribution in [0.1, 0.15) is 23.8 Å². The molecule has 0 bridgehead atoms. The van der Waals surface area contributed by atoms with E-state index in [1.807, 2.05) is 17.9 Å². The average Bonchev–Trinajstić information content (AvgIpc) is 3.27. The molecule has 0 spiro atoms. The van der Waals surface area contributed by atoms with Gasteiger partial charge >= 0.3 is 0 Å². The molecule has 0 aliphatic carbocycles. The van der Waals surface area contributed by atoms with E-state index in [0.29, 0.717) is 12.2 Å². The van der Waals surface area contributed by atoms with Gasteiger partial charge in [0.15, 0.2) is 0 Å². The highest BCUT2D eigenvalue weighted by Gasteiger charge is 2.29. The molecular weight excluding hydrogens is 294 g/mol. The van der Waals surface area contributed by atoms with Gasteiger partial charge in [0.25, 0.3) is 5.91 Å². The Morgan fingerprint density at radius 1 is 1.48 bits per heavy atom. The highest BCUT2D eigenvalue weighted by Crippen LogP contribution is 2.14. The first-order chi connectivity index (χ1) is 11.3. The van der Waals surface area contributed by atoms with Gasteiger partial charge in [0.05, 0.1) is 13.2 Å². The standard InChI is InChI=1S/C16H27N5O2/c1-2-21-15(4-6-18-21)16(22)20(14-3-5-17-13-14)8-7-19-9-11-23-12-10-19/h4,6,14,17H,2-3,5,7-13H2,1H3. The maximum atomic E-state index is 13.0. The van der Waals surface area contributed by atoms with Crippen LogP contribution in [0.4, 0.5) is 0 Å². The molecule has 7 nitrogen and oxygen atoms in total. The third-order valence-electron chi connectivity index (χ3n) is 4.73. The van der Waals surface area contributed by atoms with Crippen LogP contribution in [0.5, 0.6) is 0 Å². The summed E-state index contributed by atoms with van der Waals surface area (Å²) in [5.74, 6) is 0.103. The molecule has 1 unspecified atom stereocenters. The van der Waals surface area contributed by atoms with E-state index in [-0.39, 0.29) is 11.9 Å². The monoisotopic (exact) mass is 321 g/mol. The van der Waals surface area contributed by atoms with Crippen molar-refractivity contribution in [1.82, 2.24) is 24.9 Å². The second-order valence-electron chi connectivity index (χ2n) is 6.13. The van der Waals surface area contributed by atoms with Crippen LogP contribution in [0.2, 0.25) is 0 Å². The molecule has 3 heterocycles. The first-order valence-electron chi connectivity index (χ1n) is 8.63. The van der Waals surface area contributed by atoms with E-state index < -0.39 is 0 Å². The molecule has 2 aliphatic heterocycles. The lowest BCUT2D eigenvalue weighted by Crippen LogP contribution is -2.48. The van der Waals surface area contributed by atoms with Crippen LogP contribution in [0.15, 0.2) is 12.3 Å². The Morgan fingerprint density at radius 3 is 3.00 bits per heavy atom. The van der Waals surface area contributed by atoms with Crippen molar-refractivity contribution in [1.29, 1.82) is 0 Å². The summed E-state index contributed by atoms with van der Waals surface area (Å²) in [5, 5.41) is 7.61. The number of carbonyl (C=O) groups is 1. The SMILES string of the molecule is CCn1nccc1C(=O)N(CCN1CCOCC1)C1CCNC1. The largest absolute Gasteiger partial charge is 0.379 e. The van der Waals surface area contributed by atoms with Gasteiger partial charge in [-0.3, -0.25) is 14.4 Å². The number of carbonyl (C=O) groups excluding carboxylic acids is 1. The van der Waals surface area contributed by atoms with E-state index in [4.69, 9.17) is 4.74 Å². The molecule has 1 aromatic heterocycles. The summed E-state index contributed by atoms with van der Waals surface area (Å²) in [6.07, 6.45) is 2.74. The zero-order valence-electron chi connectivity index (χ0n) is 13.9. The number of nitrogens with zero attached hydrogens (tertiary/aromatic N) is 4. The summed E-state index contributed by atoms with van der Waals surface area (Å²) in [7, 11) is 0. The lowest BCUT2D eigenvalue weighted by molar-refractivity contribution is 0.0299. The number of rotatable bonds is 6. The van der Waals surface area contributed by atoms with Crippen LogP contribution in [-0.2, 0) is 11.3 Å². The van der Waals surface area contributed by atoms with Crippen LogP contribution in [0.25, 0.3) is 0 Å². The van der Waals surface area contributed by atoms with Crippen molar-refractivity contribution in [3.8, 4) is 0 Å².